The van der Waals surface area contributed by atoms with Gasteiger partial charge in [-0.05, 0) is 50.8 Å². The summed E-state index contributed by atoms with van der Waals surface area (Å²) in [6, 6.07) is 8.02. The number of nitrogens with zero attached hydrogens (tertiary/aromatic N) is 1. The van der Waals surface area contributed by atoms with E-state index in [1.807, 2.05) is 43.0 Å². The molecule has 1 aromatic carbocycles. The molecule has 1 aliphatic rings. The first kappa shape index (κ1) is 16.0. The van der Waals surface area contributed by atoms with Crippen LogP contribution in [0.2, 0.25) is 0 Å². The molecule has 4 heteroatoms. The maximum atomic E-state index is 12.7. The van der Waals surface area contributed by atoms with E-state index >= 15 is 0 Å². The molecule has 1 fully saturated rings. The van der Waals surface area contributed by atoms with E-state index in [1.165, 1.54) is 0 Å². The third kappa shape index (κ3) is 3.44. The minimum Gasteiger partial charge on any atom is -0.378 e. The molecule has 0 unspecified atom stereocenters. The number of nitrogens with two attached hydrogens (primary N) is 1. The van der Waals surface area contributed by atoms with Crippen LogP contribution in [0.3, 0.4) is 0 Å². The van der Waals surface area contributed by atoms with Gasteiger partial charge < -0.3 is 15.4 Å². The number of anilines is 1. The molecule has 2 rings (SSSR count). The highest BCUT2D eigenvalue weighted by Gasteiger charge is 2.40. The fraction of sp³-hybridized carbons (Fsp3) is 0.588. The molecular weight excluding hydrogens is 264 g/mol. The van der Waals surface area contributed by atoms with Crippen molar-refractivity contribution in [3.8, 4) is 0 Å². The van der Waals surface area contributed by atoms with Gasteiger partial charge in [-0.1, -0.05) is 12.1 Å². The Balaban J connectivity index is 2.15. The maximum absolute atomic E-state index is 12.7. The first-order chi connectivity index (χ1) is 10.0. The number of hydrogen-bond acceptors (Lipinski definition) is 3. The molecule has 0 spiro atoms. The van der Waals surface area contributed by atoms with Crippen LogP contribution in [0.15, 0.2) is 24.3 Å². The van der Waals surface area contributed by atoms with Crippen LogP contribution in [-0.4, -0.2) is 24.7 Å². The van der Waals surface area contributed by atoms with Crippen LogP contribution in [0, 0.1) is 0 Å². The Bertz CT molecular complexity index is 473. The van der Waals surface area contributed by atoms with Crippen molar-refractivity contribution in [3.63, 3.8) is 0 Å². The summed E-state index contributed by atoms with van der Waals surface area (Å²) in [5, 5.41) is 0. The summed E-state index contributed by atoms with van der Waals surface area (Å²) in [4.78, 5) is 14.6. The van der Waals surface area contributed by atoms with Gasteiger partial charge in [-0.2, -0.15) is 0 Å². The SMILES string of the molecule is COC1(CC(=O)N(c2ccc(CN)cc2)C(C)C)CCC1. The van der Waals surface area contributed by atoms with Crippen molar-refractivity contribution in [1.29, 1.82) is 0 Å². The largest absolute Gasteiger partial charge is 0.378 e. The smallest absolute Gasteiger partial charge is 0.230 e. The molecule has 0 atom stereocenters. The fourth-order valence-electron chi connectivity index (χ4n) is 2.91. The molecule has 0 saturated heterocycles. The van der Waals surface area contributed by atoms with Crippen LogP contribution in [0.25, 0.3) is 0 Å². The third-order valence-corrected chi connectivity index (χ3v) is 4.41. The summed E-state index contributed by atoms with van der Waals surface area (Å²) >= 11 is 0. The van der Waals surface area contributed by atoms with Gasteiger partial charge in [0.05, 0.1) is 12.0 Å². The first-order valence-electron chi connectivity index (χ1n) is 7.67. The zero-order valence-electron chi connectivity index (χ0n) is 13.3. The van der Waals surface area contributed by atoms with Crippen molar-refractivity contribution >= 4 is 11.6 Å². The summed E-state index contributed by atoms with van der Waals surface area (Å²) in [6.07, 6.45) is 3.56. The second-order valence-electron chi connectivity index (χ2n) is 6.15. The number of rotatable bonds is 6. The van der Waals surface area contributed by atoms with Gasteiger partial charge in [0.25, 0.3) is 0 Å². The summed E-state index contributed by atoms with van der Waals surface area (Å²) in [5.41, 5.74) is 7.39. The highest BCUT2D eigenvalue weighted by Crippen LogP contribution is 2.39. The van der Waals surface area contributed by atoms with Crippen LogP contribution >= 0.6 is 0 Å². The minimum atomic E-state index is -0.235. The van der Waals surface area contributed by atoms with Gasteiger partial charge in [-0.3, -0.25) is 4.79 Å². The van der Waals surface area contributed by atoms with Gasteiger partial charge in [0.15, 0.2) is 0 Å². The monoisotopic (exact) mass is 290 g/mol. The van der Waals surface area contributed by atoms with Crippen LogP contribution in [0.5, 0.6) is 0 Å². The number of ether oxygens (including phenoxy) is 1. The lowest BCUT2D eigenvalue weighted by atomic mass is 9.77. The van der Waals surface area contributed by atoms with E-state index in [2.05, 4.69) is 0 Å². The van der Waals surface area contributed by atoms with E-state index in [0.29, 0.717) is 13.0 Å². The van der Waals surface area contributed by atoms with Crippen LogP contribution in [-0.2, 0) is 16.1 Å². The molecule has 1 aliphatic carbocycles. The molecule has 1 amide bonds. The van der Waals surface area contributed by atoms with Gasteiger partial charge in [0.1, 0.15) is 0 Å². The minimum absolute atomic E-state index is 0.121. The highest BCUT2D eigenvalue weighted by atomic mass is 16.5. The third-order valence-electron chi connectivity index (χ3n) is 4.41. The fourth-order valence-corrected chi connectivity index (χ4v) is 2.91. The summed E-state index contributed by atoms with van der Waals surface area (Å²) in [5.74, 6) is 0.132. The van der Waals surface area contributed by atoms with E-state index in [1.54, 1.807) is 7.11 Å². The van der Waals surface area contributed by atoms with E-state index in [4.69, 9.17) is 10.5 Å². The Morgan fingerprint density at radius 3 is 2.33 bits per heavy atom. The molecule has 21 heavy (non-hydrogen) atoms. The van der Waals surface area contributed by atoms with E-state index < -0.39 is 0 Å². The Hall–Kier alpha value is -1.39. The van der Waals surface area contributed by atoms with Gasteiger partial charge >= 0.3 is 0 Å². The van der Waals surface area contributed by atoms with Gasteiger partial charge in [0, 0.05) is 25.4 Å². The van der Waals surface area contributed by atoms with Gasteiger partial charge in [-0.15, -0.1) is 0 Å². The second kappa shape index (κ2) is 6.58. The van der Waals surface area contributed by atoms with E-state index in [9.17, 15) is 4.79 Å². The average Bonchev–Trinajstić information content (AvgIpc) is 2.43. The molecule has 116 valence electrons. The Labute approximate surface area is 127 Å². The number of hydrogen-bond donors (Lipinski definition) is 1. The van der Waals surface area contributed by atoms with E-state index in [0.717, 1.165) is 30.5 Å². The topological polar surface area (TPSA) is 55.6 Å². The van der Waals surface area contributed by atoms with Crippen LogP contribution in [0.4, 0.5) is 5.69 Å². The Morgan fingerprint density at radius 1 is 1.33 bits per heavy atom. The van der Waals surface area contributed by atoms with Crippen molar-refractivity contribution in [2.45, 2.75) is 57.7 Å². The number of carbonyl (C=O) groups is 1. The van der Waals surface area contributed by atoms with Crippen molar-refractivity contribution in [2.24, 2.45) is 5.73 Å². The summed E-state index contributed by atoms with van der Waals surface area (Å²) < 4.78 is 5.58. The quantitative estimate of drug-likeness (QED) is 0.876. The molecule has 4 nitrogen and oxygen atoms in total. The summed E-state index contributed by atoms with van der Waals surface area (Å²) in [6.45, 7) is 4.59. The molecule has 0 aromatic heterocycles. The average molecular weight is 290 g/mol. The van der Waals surface area contributed by atoms with Crippen LogP contribution in [0.1, 0.15) is 45.1 Å². The molecular formula is C17H26N2O2. The normalized spacial score (nSPS) is 16.6. The number of methoxy groups -OCH3 is 1. The van der Waals surface area contributed by atoms with Gasteiger partial charge in [-0.25, -0.2) is 0 Å². The second-order valence-corrected chi connectivity index (χ2v) is 6.15. The lowest BCUT2D eigenvalue weighted by molar-refractivity contribution is -0.132. The molecule has 0 heterocycles. The van der Waals surface area contributed by atoms with E-state index in [-0.39, 0.29) is 17.6 Å². The first-order valence-corrected chi connectivity index (χ1v) is 7.67. The number of carbonyl (C=O) groups excluding carboxylic acids is 1. The molecule has 0 bridgehead atoms. The Morgan fingerprint density at radius 2 is 1.95 bits per heavy atom. The van der Waals surface area contributed by atoms with Crippen molar-refractivity contribution in [2.75, 3.05) is 12.0 Å². The molecule has 1 saturated carbocycles. The standard InChI is InChI=1S/C17H26N2O2/c1-13(2)19(15-7-5-14(12-18)6-8-15)16(20)11-17(21-3)9-4-10-17/h5-8,13H,4,9-12,18H2,1-3H3. The van der Waals surface area contributed by atoms with Crippen molar-refractivity contribution in [1.82, 2.24) is 0 Å². The zero-order valence-corrected chi connectivity index (χ0v) is 13.3. The molecule has 0 aliphatic heterocycles. The molecule has 2 N–H and O–H groups in total. The lowest BCUT2D eigenvalue weighted by Gasteiger charge is -2.41. The summed E-state index contributed by atoms with van der Waals surface area (Å²) in [7, 11) is 1.71. The van der Waals surface area contributed by atoms with Crippen molar-refractivity contribution in [3.05, 3.63) is 29.8 Å². The van der Waals surface area contributed by atoms with Gasteiger partial charge in [0.2, 0.25) is 5.91 Å². The van der Waals surface area contributed by atoms with Crippen LogP contribution < -0.4 is 10.6 Å². The number of amides is 1. The number of benzene rings is 1. The maximum Gasteiger partial charge on any atom is 0.230 e. The molecule has 0 radical (unpaired) electrons. The predicted octanol–water partition coefficient (Wildman–Crippen LogP) is 2.85. The predicted molar refractivity (Wildman–Crippen MR) is 85.2 cm³/mol. The zero-order chi connectivity index (χ0) is 15.5. The Kier molecular flexibility index (Phi) is 5.01. The highest BCUT2D eigenvalue weighted by molar-refractivity contribution is 5.94. The van der Waals surface area contributed by atoms with Crippen molar-refractivity contribution < 1.29 is 9.53 Å². The molecule has 1 aromatic rings. The lowest BCUT2D eigenvalue weighted by Crippen LogP contribution is -2.47.